The summed E-state index contributed by atoms with van der Waals surface area (Å²) in [5.74, 6) is -0.898. The number of Topliss-reactive ketones (excluding diaryl/α,β-unsaturated/α-hetero) is 1. The highest BCUT2D eigenvalue weighted by Crippen LogP contribution is 2.41. The van der Waals surface area contributed by atoms with Crippen molar-refractivity contribution >= 4 is 17.4 Å². The van der Waals surface area contributed by atoms with Crippen molar-refractivity contribution in [3.05, 3.63) is 101 Å². The van der Waals surface area contributed by atoms with Crippen molar-refractivity contribution in [3.8, 4) is 5.75 Å². The van der Waals surface area contributed by atoms with E-state index in [-0.39, 0.29) is 29.4 Å². The number of ether oxygens (including phenoxy) is 1. The number of pyridine rings is 1. The first kappa shape index (κ1) is 25.2. The number of amides is 1. The number of aliphatic hydroxyl groups is 1. The fraction of sp³-hybridized carbons (Fsp3) is 0.300. The average Bonchev–Trinajstić information content (AvgIpc) is 3.09. The zero-order chi connectivity index (χ0) is 26.0. The molecule has 6 heteroatoms. The van der Waals surface area contributed by atoms with Crippen molar-refractivity contribution < 1.29 is 19.4 Å². The zero-order valence-electron chi connectivity index (χ0n) is 21.4. The number of aliphatic hydroxyl groups excluding tert-OH is 1. The van der Waals surface area contributed by atoms with E-state index in [2.05, 4.69) is 25.8 Å². The second-order valence-electron chi connectivity index (χ2n) is 10.4. The number of ketones is 1. The molecule has 0 saturated carbocycles. The number of nitrogens with zero attached hydrogens (tertiary/aromatic N) is 2. The molecule has 186 valence electrons. The van der Waals surface area contributed by atoms with E-state index < -0.39 is 17.7 Å². The quantitative estimate of drug-likeness (QED) is 0.272. The van der Waals surface area contributed by atoms with Gasteiger partial charge in [-0.15, -0.1) is 0 Å². The van der Waals surface area contributed by atoms with Crippen molar-refractivity contribution in [1.29, 1.82) is 0 Å². The smallest absolute Gasteiger partial charge is 0.295 e. The van der Waals surface area contributed by atoms with Gasteiger partial charge in [0.15, 0.2) is 0 Å². The molecule has 1 saturated heterocycles. The largest absolute Gasteiger partial charge is 0.507 e. The van der Waals surface area contributed by atoms with Gasteiger partial charge in [-0.1, -0.05) is 51.1 Å². The number of carbonyl (C=O) groups excluding carboxylic acids is 2. The number of carbonyl (C=O) groups is 2. The molecule has 0 spiro atoms. The first-order chi connectivity index (χ1) is 17.1. The molecule has 1 N–H and O–H groups in total. The molecule has 6 nitrogen and oxygen atoms in total. The highest BCUT2D eigenvalue weighted by molar-refractivity contribution is 6.46. The summed E-state index contributed by atoms with van der Waals surface area (Å²) < 4.78 is 5.69. The van der Waals surface area contributed by atoms with Gasteiger partial charge in [0, 0.05) is 24.5 Å². The number of aromatic nitrogens is 1. The van der Waals surface area contributed by atoms with Gasteiger partial charge in [-0.25, -0.2) is 0 Å². The van der Waals surface area contributed by atoms with E-state index in [1.165, 1.54) is 4.90 Å². The molecule has 2 heterocycles. The lowest BCUT2D eigenvalue weighted by molar-refractivity contribution is -0.140. The van der Waals surface area contributed by atoms with E-state index in [1.807, 2.05) is 44.2 Å². The van der Waals surface area contributed by atoms with E-state index in [4.69, 9.17) is 4.74 Å². The fourth-order valence-corrected chi connectivity index (χ4v) is 4.36. The molecular weight excluding hydrogens is 452 g/mol. The maximum atomic E-state index is 13.3. The van der Waals surface area contributed by atoms with Crippen LogP contribution in [0.2, 0.25) is 0 Å². The summed E-state index contributed by atoms with van der Waals surface area (Å²) in [5, 5.41) is 11.3. The first-order valence-electron chi connectivity index (χ1n) is 12.1. The minimum atomic E-state index is -0.731. The molecule has 0 bridgehead atoms. The van der Waals surface area contributed by atoms with Crippen molar-refractivity contribution in [3.63, 3.8) is 0 Å². The summed E-state index contributed by atoms with van der Waals surface area (Å²) in [5.41, 5.74) is 3.16. The van der Waals surface area contributed by atoms with Crippen LogP contribution in [0.1, 0.15) is 62.9 Å². The Morgan fingerprint density at radius 3 is 2.25 bits per heavy atom. The van der Waals surface area contributed by atoms with Crippen LogP contribution < -0.4 is 4.74 Å². The summed E-state index contributed by atoms with van der Waals surface area (Å²) in [6.07, 6.45) is 3.35. The maximum absolute atomic E-state index is 13.3. The third kappa shape index (κ3) is 5.18. The Bertz CT molecular complexity index is 1270. The topological polar surface area (TPSA) is 79.7 Å². The lowest BCUT2D eigenvalue weighted by Gasteiger charge is -2.26. The molecule has 1 aliphatic rings. The molecule has 3 aromatic rings. The van der Waals surface area contributed by atoms with Crippen LogP contribution in [-0.2, 0) is 21.5 Å². The highest BCUT2D eigenvalue weighted by atomic mass is 16.5. The van der Waals surface area contributed by atoms with Gasteiger partial charge in [-0.05, 0) is 66.3 Å². The minimum Gasteiger partial charge on any atom is -0.507 e. The van der Waals surface area contributed by atoms with Crippen molar-refractivity contribution in [2.45, 2.75) is 58.7 Å². The van der Waals surface area contributed by atoms with Crippen LogP contribution in [0.4, 0.5) is 0 Å². The van der Waals surface area contributed by atoms with Crippen molar-refractivity contribution in [2.24, 2.45) is 0 Å². The van der Waals surface area contributed by atoms with E-state index in [0.29, 0.717) is 11.3 Å². The second kappa shape index (κ2) is 9.97. The SMILES string of the molecule is CC(C)Oc1ccc(C(O)=C2C(=O)C(=O)N(Cc3cccnc3)[C@H]2c2ccc(C(C)(C)C)cc2)cc1. The lowest BCUT2D eigenvalue weighted by atomic mass is 9.85. The van der Waals surface area contributed by atoms with Crippen molar-refractivity contribution in [1.82, 2.24) is 9.88 Å². The number of likely N-dealkylation sites (tertiary alicyclic amines) is 1. The Hall–Kier alpha value is -3.93. The standard InChI is InChI=1S/C30H32N2O4/c1-19(2)36-24-14-10-22(11-15-24)27(33)25-26(21-8-12-23(13-9-21)30(3,4)5)32(29(35)28(25)34)18-20-7-6-16-31-17-20/h6-17,19,26,33H,18H2,1-5H3/t26-/m0/s1. The maximum Gasteiger partial charge on any atom is 0.295 e. The van der Waals surface area contributed by atoms with E-state index in [0.717, 1.165) is 16.7 Å². The minimum absolute atomic E-state index is 0.0123. The zero-order valence-corrected chi connectivity index (χ0v) is 21.4. The van der Waals surface area contributed by atoms with Crippen LogP contribution in [0.5, 0.6) is 5.75 Å². The Morgan fingerprint density at radius 1 is 1.03 bits per heavy atom. The summed E-state index contributed by atoms with van der Waals surface area (Å²) in [7, 11) is 0. The Kier molecular flexibility index (Phi) is 6.97. The number of hydrogen-bond acceptors (Lipinski definition) is 5. The normalized spacial score (nSPS) is 17.6. The van der Waals surface area contributed by atoms with Gasteiger partial charge in [-0.3, -0.25) is 14.6 Å². The van der Waals surface area contributed by atoms with Gasteiger partial charge in [0.2, 0.25) is 0 Å². The molecule has 1 aliphatic heterocycles. The molecule has 1 amide bonds. The summed E-state index contributed by atoms with van der Waals surface area (Å²) in [4.78, 5) is 32.2. The van der Waals surface area contributed by atoms with Gasteiger partial charge in [-0.2, -0.15) is 0 Å². The molecule has 1 fully saturated rings. The monoisotopic (exact) mass is 484 g/mol. The van der Waals surface area contributed by atoms with Gasteiger partial charge in [0.1, 0.15) is 11.5 Å². The Balaban J connectivity index is 1.80. The first-order valence-corrected chi connectivity index (χ1v) is 12.1. The summed E-state index contributed by atoms with van der Waals surface area (Å²) in [6.45, 7) is 10.4. The Morgan fingerprint density at radius 2 is 1.69 bits per heavy atom. The predicted octanol–water partition coefficient (Wildman–Crippen LogP) is 5.79. The predicted molar refractivity (Wildman–Crippen MR) is 139 cm³/mol. The van der Waals surface area contributed by atoms with Crippen LogP contribution in [0.25, 0.3) is 5.76 Å². The highest BCUT2D eigenvalue weighted by Gasteiger charge is 2.46. The molecule has 1 aromatic heterocycles. The summed E-state index contributed by atoms with van der Waals surface area (Å²) in [6, 6.07) is 17.7. The number of hydrogen-bond donors (Lipinski definition) is 1. The van der Waals surface area contributed by atoms with Gasteiger partial charge in [0.25, 0.3) is 11.7 Å². The average molecular weight is 485 g/mol. The van der Waals surface area contributed by atoms with Crippen LogP contribution in [0.3, 0.4) is 0 Å². The molecule has 0 aliphatic carbocycles. The lowest BCUT2D eigenvalue weighted by Crippen LogP contribution is -2.29. The van der Waals surface area contributed by atoms with Gasteiger partial charge < -0.3 is 14.7 Å². The molecule has 1 atom stereocenters. The molecule has 0 radical (unpaired) electrons. The molecule has 0 unspecified atom stereocenters. The fourth-order valence-electron chi connectivity index (χ4n) is 4.36. The molecule has 36 heavy (non-hydrogen) atoms. The molecule has 2 aromatic carbocycles. The van der Waals surface area contributed by atoms with Crippen LogP contribution >= 0.6 is 0 Å². The molecular formula is C30H32N2O4. The van der Waals surface area contributed by atoms with Gasteiger partial charge >= 0.3 is 0 Å². The van der Waals surface area contributed by atoms with Crippen LogP contribution in [-0.4, -0.2) is 32.8 Å². The van der Waals surface area contributed by atoms with E-state index >= 15 is 0 Å². The summed E-state index contributed by atoms with van der Waals surface area (Å²) >= 11 is 0. The van der Waals surface area contributed by atoms with Crippen molar-refractivity contribution in [2.75, 3.05) is 0 Å². The van der Waals surface area contributed by atoms with Crippen LogP contribution in [0.15, 0.2) is 78.6 Å². The number of benzene rings is 2. The molecule has 4 rings (SSSR count). The third-order valence-corrected chi connectivity index (χ3v) is 6.21. The number of rotatable bonds is 6. The Labute approximate surface area is 212 Å². The van der Waals surface area contributed by atoms with E-state index in [9.17, 15) is 14.7 Å². The second-order valence-corrected chi connectivity index (χ2v) is 10.4. The van der Waals surface area contributed by atoms with Crippen LogP contribution in [0, 0.1) is 0 Å². The van der Waals surface area contributed by atoms with Gasteiger partial charge in [0.05, 0.1) is 17.7 Å². The van der Waals surface area contributed by atoms with E-state index in [1.54, 1.807) is 42.7 Å². The third-order valence-electron chi connectivity index (χ3n) is 6.21.